The van der Waals surface area contributed by atoms with Crippen LogP contribution in [-0.4, -0.2) is 18.1 Å². The van der Waals surface area contributed by atoms with Gasteiger partial charge in [-0.05, 0) is 42.3 Å². The van der Waals surface area contributed by atoms with Gasteiger partial charge in [0.25, 0.3) is 0 Å². The molecular formula is C17H13ClN4OS. The van der Waals surface area contributed by atoms with Crippen molar-refractivity contribution < 1.29 is 4.74 Å². The SMILES string of the molecule is COc1cc(Cl)cc2c1N=C(Nc1ccc3ncccc3c1)NS2. The Hall–Kier alpha value is -2.44. The van der Waals surface area contributed by atoms with Crippen molar-refractivity contribution in [2.24, 2.45) is 4.99 Å². The molecule has 2 aromatic carbocycles. The summed E-state index contributed by atoms with van der Waals surface area (Å²) in [5.41, 5.74) is 2.65. The lowest BCUT2D eigenvalue weighted by molar-refractivity contribution is 0.415. The Kier molecular flexibility index (Phi) is 3.92. The Balaban J connectivity index is 1.67. The number of rotatable bonds is 2. The molecule has 4 rings (SSSR count). The van der Waals surface area contributed by atoms with E-state index in [0.29, 0.717) is 16.7 Å². The Morgan fingerprint density at radius 3 is 3.00 bits per heavy atom. The van der Waals surface area contributed by atoms with Crippen molar-refractivity contribution in [1.29, 1.82) is 0 Å². The average molecular weight is 357 g/mol. The smallest absolute Gasteiger partial charge is 0.211 e. The molecule has 0 unspecified atom stereocenters. The standard InChI is InChI=1S/C17H13ClN4OS/c1-23-14-8-11(18)9-15-16(14)21-17(22-24-15)20-12-4-5-13-10(7-12)3-2-6-19-13/h2-9H,1H3,(H2,20,21,22). The highest BCUT2D eigenvalue weighted by molar-refractivity contribution is 7.98. The van der Waals surface area contributed by atoms with Crippen LogP contribution in [0.1, 0.15) is 0 Å². The number of aromatic nitrogens is 1. The summed E-state index contributed by atoms with van der Waals surface area (Å²) < 4.78 is 8.56. The summed E-state index contributed by atoms with van der Waals surface area (Å²) in [6.07, 6.45) is 1.78. The molecule has 0 saturated carbocycles. The molecule has 1 aliphatic rings. The van der Waals surface area contributed by atoms with Gasteiger partial charge in [0.2, 0.25) is 5.96 Å². The monoisotopic (exact) mass is 356 g/mol. The second-order valence-corrected chi connectivity index (χ2v) is 6.44. The number of pyridine rings is 1. The zero-order valence-corrected chi connectivity index (χ0v) is 14.3. The third kappa shape index (κ3) is 2.86. The normalized spacial score (nSPS) is 13.0. The second kappa shape index (κ2) is 6.22. The Morgan fingerprint density at radius 2 is 2.12 bits per heavy atom. The van der Waals surface area contributed by atoms with Gasteiger partial charge in [-0.25, -0.2) is 4.99 Å². The van der Waals surface area contributed by atoms with Crippen molar-refractivity contribution in [3.8, 4) is 5.75 Å². The summed E-state index contributed by atoms with van der Waals surface area (Å²) in [6, 6.07) is 13.5. The van der Waals surface area contributed by atoms with Crippen LogP contribution >= 0.6 is 23.5 Å². The summed E-state index contributed by atoms with van der Waals surface area (Å²) >= 11 is 7.53. The first-order valence-corrected chi connectivity index (χ1v) is 8.43. The minimum absolute atomic E-state index is 0.619. The Labute approximate surface area is 148 Å². The van der Waals surface area contributed by atoms with Crippen LogP contribution < -0.4 is 14.8 Å². The fraction of sp³-hybridized carbons (Fsp3) is 0.0588. The first kappa shape index (κ1) is 15.1. The van der Waals surface area contributed by atoms with Crippen molar-refractivity contribution in [1.82, 2.24) is 9.71 Å². The number of anilines is 1. The van der Waals surface area contributed by atoms with Crippen LogP contribution in [0.15, 0.2) is 58.5 Å². The number of guanidine groups is 1. The van der Waals surface area contributed by atoms with Crippen molar-refractivity contribution >= 4 is 51.8 Å². The molecule has 0 bridgehead atoms. The van der Waals surface area contributed by atoms with Gasteiger partial charge in [-0.3, -0.25) is 9.71 Å². The minimum atomic E-state index is 0.619. The van der Waals surface area contributed by atoms with E-state index < -0.39 is 0 Å². The summed E-state index contributed by atoms with van der Waals surface area (Å²) in [4.78, 5) is 9.85. The van der Waals surface area contributed by atoms with E-state index in [4.69, 9.17) is 16.3 Å². The first-order chi connectivity index (χ1) is 11.7. The third-order valence-electron chi connectivity index (χ3n) is 3.57. The van der Waals surface area contributed by atoms with Gasteiger partial charge >= 0.3 is 0 Å². The first-order valence-electron chi connectivity index (χ1n) is 7.24. The van der Waals surface area contributed by atoms with E-state index in [9.17, 15) is 0 Å². The largest absolute Gasteiger partial charge is 0.494 e. The highest BCUT2D eigenvalue weighted by Gasteiger charge is 2.18. The van der Waals surface area contributed by atoms with Gasteiger partial charge in [-0.1, -0.05) is 17.7 Å². The number of fused-ring (bicyclic) bond motifs is 2. The van der Waals surface area contributed by atoms with Crippen LogP contribution in [0.4, 0.5) is 11.4 Å². The van der Waals surface area contributed by atoms with Crippen LogP contribution in [0.25, 0.3) is 10.9 Å². The van der Waals surface area contributed by atoms with Gasteiger partial charge in [-0.2, -0.15) is 0 Å². The van der Waals surface area contributed by atoms with Gasteiger partial charge < -0.3 is 10.1 Å². The Bertz CT molecular complexity index is 960. The fourth-order valence-corrected chi connectivity index (χ4v) is 3.48. The molecule has 0 aliphatic carbocycles. The van der Waals surface area contributed by atoms with E-state index in [1.165, 1.54) is 11.9 Å². The predicted molar refractivity (Wildman–Crippen MR) is 99.5 cm³/mol. The summed E-state index contributed by atoms with van der Waals surface area (Å²) in [7, 11) is 1.61. The molecule has 1 aromatic heterocycles. The Morgan fingerprint density at radius 1 is 1.21 bits per heavy atom. The van der Waals surface area contributed by atoms with Gasteiger partial charge in [0.15, 0.2) is 0 Å². The number of halogens is 1. The highest BCUT2D eigenvalue weighted by atomic mass is 35.5. The van der Waals surface area contributed by atoms with Gasteiger partial charge in [0.05, 0.1) is 17.5 Å². The molecule has 7 heteroatoms. The summed E-state index contributed by atoms with van der Waals surface area (Å²) in [6.45, 7) is 0. The second-order valence-electron chi connectivity index (χ2n) is 5.16. The van der Waals surface area contributed by atoms with Crippen molar-refractivity contribution in [2.75, 3.05) is 12.4 Å². The maximum absolute atomic E-state index is 6.09. The van der Waals surface area contributed by atoms with E-state index in [2.05, 4.69) is 20.0 Å². The molecule has 0 atom stereocenters. The zero-order chi connectivity index (χ0) is 16.5. The number of hydrogen-bond acceptors (Lipinski definition) is 6. The molecule has 2 heterocycles. The van der Waals surface area contributed by atoms with Crippen LogP contribution in [0.3, 0.4) is 0 Å². The van der Waals surface area contributed by atoms with Crippen molar-refractivity contribution in [3.63, 3.8) is 0 Å². The predicted octanol–water partition coefficient (Wildman–Crippen LogP) is 4.61. The zero-order valence-electron chi connectivity index (χ0n) is 12.7. The minimum Gasteiger partial charge on any atom is -0.494 e. The number of aliphatic imine (C=N–C) groups is 1. The fourth-order valence-electron chi connectivity index (χ4n) is 2.48. The molecule has 0 amide bonds. The van der Waals surface area contributed by atoms with Crippen LogP contribution in [-0.2, 0) is 0 Å². The van der Waals surface area contributed by atoms with E-state index >= 15 is 0 Å². The van der Waals surface area contributed by atoms with Gasteiger partial charge in [0, 0.05) is 28.4 Å². The van der Waals surface area contributed by atoms with E-state index in [1.54, 1.807) is 19.4 Å². The number of benzene rings is 2. The van der Waals surface area contributed by atoms with Gasteiger partial charge in [-0.15, -0.1) is 0 Å². The number of methoxy groups -OCH3 is 1. The lowest BCUT2D eigenvalue weighted by Crippen LogP contribution is -2.26. The number of hydrogen-bond donors (Lipinski definition) is 2. The highest BCUT2D eigenvalue weighted by Crippen LogP contribution is 2.41. The molecule has 0 saturated heterocycles. The molecule has 5 nitrogen and oxygen atoms in total. The molecule has 0 radical (unpaired) electrons. The molecule has 120 valence electrons. The maximum Gasteiger partial charge on any atom is 0.211 e. The lowest BCUT2D eigenvalue weighted by Gasteiger charge is -2.19. The topological polar surface area (TPSA) is 58.5 Å². The average Bonchev–Trinajstić information content (AvgIpc) is 2.61. The third-order valence-corrected chi connectivity index (χ3v) is 4.62. The molecule has 2 N–H and O–H groups in total. The molecule has 1 aliphatic heterocycles. The molecule has 3 aromatic rings. The molecule has 24 heavy (non-hydrogen) atoms. The van der Waals surface area contributed by atoms with E-state index in [0.717, 1.165) is 27.2 Å². The number of ether oxygens (including phenoxy) is 1. The number of nitrogens with zero attached hydrogens (tertiary/aromatic N) is 2. The van der Waals surface area contributed by atoms with Crippen LogP contribution in [0, 0.1) is 0 Å². The lowest BCUT2D eigenvalue weighted by atomic mass is 10.2. The number of nitrogens with one attached hydrogen (secondary N) is 2. The molecule has 0 fully saturated rings. The van der Waals surface area contributed by atoms with Crippen LogP contribution in [0.5, 0.6) is 5.75 Å². The van der Waals surface area contributed by atoms with Crippen molar-refractivity contribution in [2.45, 2.75) is 4.90 Å². The quantitative estimate of drug-likeness (QED) is 0.657. The van der Waals surface area contributed by atoms with Crippen LogP contribution in [0.2, 0.25) is 5.02 Å². The van der Waals surface area contributed by atoms with Gasteiger partial charge in [0.1, 0.15) is 11.4 Å². The maximum atomic E-state index is 6.09. The molecular weight excluding hydrogens is 344 g/mol. The summed E-state index contributed by atoms with van der Waals surface area (Å²) in [5.74, 6) is 1.28. The van der Waals surface area contributed by atoms with E-state index in [1.807, 2.05) is 36.4 Å². The molecule has 0 spiro atoms. The summed E-state index contributed by atoms with van der Waals surface area (Å²) in [5, 5.41) is 4.97. The van der Waals surface area contributed by atoms with Crippen molar-refractivity contribution in [3.05, 3.63) is 53.7 Å². The van der Waals surface area contributed by atoms with E-state index in [-0.39, 0.29) is 0 Å².